The number of rotatable bonds is 6. The summed E-state index contributed by atoms with van der Waals surface area (Å²) < 4.78 is 0. The summed E-state index contributed by atoms with van der Waals surface area (Å²) in [4.78, 5) is 50.8. The average molecular weight is 401 g/mol. The number of benzene rings is 1. The van der Waals surface area contributed by atoms with Crippen molar-refractivity contribution in [3.63, 3.8) is 0 Å². The Hall–Kier alpha value is -3.27. The minimum atomic E-state index is -0.543. The Bertz CT molecular complexity index is 926. The lowest BCUT2D eigenvalue weighted by Crippen LogP contribution is -2.37. The molecule has 1 aromatic heterocycles. The second kappa shape index (κ2) is 8.61. The molecule has 10 heteroatoms. The normalized spacial score (nSPS) is 15.6. The fourth-order valence-electron chi connectivity index (χ4n) is 2.70. The number of hydrogen-bond donors (Lipinski definition) is 4. The molecule has 0 unspecified atom stereocenters. The van der Waals surface area contributed by atoms with Crippen molar-refractivity contribution in [1.29, 1.82) is 0 Å². The van der Waals surface area contributed by atoms with Gasteiger partial charge in [-0.3, -0.25) is 19.2 Å². The van der Waals surface area contributed by atoms with E-state index in [4.69, 9.17) is 0 Å². The highest BCUT2D eigenvalue weighted by Crippen LogP contribution is 2.19. The number of amides is 4. The number of nitrogens with one attached hydrogen (secondary N) is 4. The highest BCUT2D eigenvalue weighted by molar-refractivity contribution is 7.13. The van der Waals surface area contributed by atoms with E-state index in [1.807, 2.05) is 0 Å². The molecule has 2 heterocycles. The van der Waals surface area contributed by atoms with Gasteiger partial charge in [0.1, 0.15) is 6.04 Å². The van der Waals surface area contributed by atoms with Gasteiger partial charge < -0.3 is 21.3 Å². The number of hydrogen-bond acceptors (Lipinski definition) is 6. The molecule has 2 aromatic rings. The fraction of sp³-hybridized carbons (Fsp3) is 0.278. The lowest BCUT2D eigenvalue weighted by molar-refractivity contribution is -0.122. The Balaban J connectivity index is 1.53. The Morgan fingerprint density at radius 2 is 1.96 bits per heavy atom. The van der Waals surface area contributed by atoms with Crippen LogP contribution in [0.5, 0.6) is 0 Å². The Labute approximate surface area is 164 Å². The van der Waals surface area contributed by atoms with Crippen molar-refractivity contribution in [1.82, 2.24) is 10.3 Å². The van der Waals surface area contributed by atoms with Crippen molar-refractivity contribution < 1.29 is 19.2 Å². The number of carbonyl (C=O) groups is 4. The monoisotopic (exact) mass is 401 g/mol. The number of nitrogens with zero attached hydrogens (tertiary/aromatic N) is 1. The van der Waals surface area contributed by atoms with E-state index >= 15 is 0 Å². The largest absolute Gasteiger partial charge is 0.344 e. The number of aromatic nitrogens is 1. The first kappa shape index (κ1) is 19.5. The maximum Gasteiger partial charge on any atom is 0.248 e. The highest BCUT2D eigenvalue weighted by atomic mass is 32.1. The van der Waals surface area contributed by atoms with E-state index in [-0.39, 0.29) is 30.0 Å². The van der Waals surface area contributed by atoms with Crippen LogP contribution >= 0.6 is 11.3 Å². The Morgan fingerprint density at radius 3 is 2.64 bits per heavy atom. The zero-order valence-electron chi connectivity index (χ0n) is 15.1. The van der Waals surface area contributed by atoms with Crippen molar-refractivity contribution in [3.8, 4) is 0 Å². The van der Waals surface area contributed by atoms with E-state index in [9.17, 15) is 19.2 Å². The van der Waals surface area contributed by atoms with Gasteiger partial charge in [-0.2, -0.15) is 0 Å². The summed E-state index contributed by atoms with van der Waals surface area (Å²) in [5, 5.41) is 12.7. The van der Waals surface area contributed by atoms with Crippen LogP contribution in [-0.4, -0.2) is 34.7 Å². The summed E-state index contributed by atoms with van der Waals surface area (Å²) >= 11 is 1.21. The first-order chi connectivity index (χ1) is 13.4. The molecule has 9 nitrogen and oxygen atoms in total. The van der Waals surface area contributed by atoms with E-state index in [0.29, 0.717) is 35.0 Å². The Kier molecular flexibility index (Phi) is 5.99. The molecule has 4 amide bonds. The van der Waals surface area contributed by atoms with E-state index < -0.39 is 6.04 Å². The van der Waals surface area contributed by atoms with Crippen LogP contribution in [0.2, 0.25) is 0 Å². The maximum absolute atomic E-state index is 12.2. The van der Waals surface area contributed by atoms with Gasteiger partial charge in [0.05, 0.1) is 12.1 Å². The van der Waals surface area contributed by atoms with Crippen LogP contribution in [0.25, 0.3) is 0 Å². The molecule has 1 atom stereocenters. The molecule has 28 heavy (non-hydrogen) atoms. The second-order valence-electron chi connectivity index (χ2n) is 6.28. The van der Waals surface area contributed by atoms with Crippen molar-refractivity contribution >= 4 is 51.5 Å². The summed E-state index contributed by atoms with van der Waals surface area (Å²) in [6.07, 6.45) is 0.838. The third kappa shape index (κ3) is 5.36. The topological polar surface area (TPSA) is 129 Å². The van der Waals surface area contributed by atoms with Gasteiger partial charge in [0, 0.05) is 30.1 Å². The molecule has 0 aliphatic carbocycles. The zero-order chi connectivity index (χ0) is 20.1. The van der Waals surface area contributed by atoms with Crippen LogP contribution in [0, 0.1) is 0 Å². The predicted molar refractivity (Wildman–Crippen MR) is 105 cm³/mol. The second-order valence-corrected chi connectivity index (χ2v) is 7.14. The first-order valence-corrected chi connectivity index (χ1v) is 9.49. The zero-order valence-corrected chi connectivity index (χ0v) is 15.9. The average Bonchev–Trinajstić information content (AvgIpc) is 3.23. The SMILES string of the molecule is CC(=O)Nc1cccc(NC(=O)Cc2csc(NC(=O)[C@H]3CCC(=O)N3)n2)c1. The molecular weight excluding hydrogens is 382 g/mol. The first-order valence-electron chi connectivity index (χ1n) is 8.61. The van der Waals surface area contributed by atoms with Crippen LogP contribution in [0.4, 0.5) is 16.5 Å². The van der Waals surface area contributed by atoms with Gasteiger partial charge >= 0.3 is 0 Å². The number of anilines is 3. The minimum Gasteiger partial charge on any atom is -0.344 e. The third-order valence-corrected chi connectivity index (χ3v) is 4.71. The van der Waals surface area contributed by atoms with Gasteiger partial charge in [0.15, 0.2) is 5.13 Å². The molecular formula is C18H19N5O4S. The van der Waals surface area contributed by atoms with E-state index in [1.54, 1.807) is 29.6 Å². The van der Waals surface area contributed by atoms with E-state index in [1.165, 1.54) is 18.3 Å². The summed E-state index contributed by atoms with van der Waals surface area (Å²) in [7, 11) is 0. The summed E-state index contributed by atoms with van der Waals surface area (Å²) in [6, 6.07) is 6.27. The standard InChI is InChI=1S/C18H19N5O4S/c1-10(24)19-11-3-2-4-12(7-11)20-16(26)8-13-9-28-18(21-13)23-17(27)14-5-6-15(25)22-14/h2-4,7,9,14H,5-6,8H2,1H3,(H,19,24)(H,20,26)(H,22,25)(H,21,23,27)/t14-/m1/s1. The third-order valence-electron chi connectivity index (χ3n) is 3.90. The van der Waals surface area contributed by atoms with Crippen LogP contribution in [-0.2, 0) is 25.6 Å². The van der Waals surface area contributed by atoms with Gasteiger partial charge in [0.25, 0.3) is 0 Å². The van der Waals surface area contributed by atoms with Crippen LogP contribution in [0.1, 0.15) is 25.5 Å². The van der Waals surface area contributed by atoms with Gasteiger partial charge in [-0.25, -0.2) is 4.98 Å². The van der Waals surface area contributed by atoms with Crippen molar-refractivity contribution in [2.75, 3.05) is 16.0 Å². The van der Waals surface area contributed by atoms with Crippen molar-refractivity contribution in [3.05, 3.63) is 35.3 Å². The molecule has 1 aromatic carbocycles. The van der Waals surface area contributed by atoms with Gasteiger partial charge in [-0.15, -0.1) is 11.3 Å². The van der Waals surface area contributed by atoms with Gasteiger partial charge in [-0.1, -0.05) is 6.07 Å². The van der Waals surface area contributed by atoms with Crippen molar-refractivity contribution in [2.45, 2.75) is 32.2 Å². The molecule has 3 rings (SSSR count). The molecule has 1 aliphatic rings. The quantitative estimate of drug-likeness (QED) is 0.583. The van der Waals surface area contributed by atoms with Crippen LogP contribution in [0.3, 0.4) is 0 Å². The predicted octanol–water partition coefficient (Wildman–Crippen LogP) is 1.50. The van der Waals surface area contributed by atoms with Crippen LogP contribution in [0.15, 0.2) is 29.6 Å². The molecule has 1 aliphatic heterocycles. The lowest BCUT2D eigenvalue weighted by atomic mass is 10.2. The number of thiazole rings is 1. The van der Waals surface area contributed by atoms with E-state index in [2.05, 4.69) is 26.3 Å². The molecule has 1 fully saturated rings. The molecule has 0 spiro atoms. The highest BCUT2D eigenvalue weighted by Gasteiger charge is 2.27. The lowest BCUT2D eigenvalue weighted by Gasteiger charge is -2.08. The molecule has 146 valence electrons. The van der Waals surface area contributed by atoms with Gasteiger partial charge in [0.2, 0.25) is 23.6 Å². The summed E-state index contributed by atoms with van der Waals surface area (Å²) in [5.74, 6) is -0.922. The molecule has 0 saturated carbocycles. The van der Waals surface area contributed by atoms with E-state index in [0.717, 1.165) is 0 Å². The smallest absolute Gasteiger partial charge is 0.248 e. The van der Waals surface area contributed by atoms with Gasteiger partial charge in [-0.05, 0) is 24.6 Å². The fourth-order valence-corrected chi connectivity index (χ4v) is 3.41. The molecule has 0 bridgehead atoms. The Morgan fingerprint density at radius 1 is 1.21 bits per heavy atom. The number of carbonyl (C=O) groups excluding carboxylic acids is 4. The maximum atomic E-state index is 12.2. The molecule has 0 radical (unpaired) electrons. The van der Waals surface area contributed by atoms with Crippen molar-refractivity contribution in [2.24, 2.45) is 0 Å². The summed E-state index contributed by atoms with van der Waals surface area (Å²) in [5.41, 5.74) is 1.66. The molecule has 1 saturated heterocycles. The molecule has 4 N–H and O–H groups in total. The summed E-state index contributed by atoms with van der Waals surface area (Å²) in [6.45, 7) is 1.41. The van der Waals surface area contributed by atoms with Crippen LogP contribution < -0.4 is 21.3 Å². The minimum absolute atomic E-state index is 0.0386.